The molecule has 1 radical (unpaired) electrons. The summed E-state index contributed by atoms with van der Waals surface area (Å²) in [5.41, 5.74) is 7.60. The van der Waals surface area contributed by atoms with Gasteiger partial charge in [-0.05, 0) is 48.0 Å². The van der Waals surface area contributed by atoms with Gasteiger partial charge in [-0.1, -0.05) is 68.7 Å². The van der Waals surface area contributed by atoms with Crippen LogP contribution >= 0.6 is 0 Å². The molecule has 0 aliphatic rings. The molecule has 6 heteroatoms. The van der Waals surface area contributed by atoms with Crippen molar-refractivity contribution in [2.45, 2.75) is 46.3 Å². The predicted octanol–water partition coefficient (Wildman–Crippen LogP) is 8.37. The Labute approximate surface area is 251 Å². The summed E-state index contributed by atoms with van der Waals surface area (Å²) in [6.45, 7) is 13.4. The second-order valence-corrected chi connectivity index (χ2v) is 16.1. The van der Waals surface area contributed by atoms with Gasteiger partial charge >= 0.3 is 0 Å². The van der Waals surface area contributed by atoms with E-state index in [1.807, 2.05) is 61.7 Å². The molecule has 205 valence electrons. The van der Waals surface area contributed by atoms with E-state index in [9.17, 15) is 0 Å². The number of fused-ring (bicyclic) bond motifs is 3. The summed E-state index contributed by atoms with van der Waals surface area (Å²) in [6, 6.07) is 30.9. The Kier molecular flexibility index (Phi) is 9.14. The normalized spacial score (nSPS) is 11.3. The van der Waals surface area contributed by atoms with Crippen molar-refractivity contribution in [3.63, 3.8) is 0 Å². The molecule has 4 aromatic heterocycles. The van der Waals surface area contributed by atoms with Gasteiger partial charge in [0, 0.05) is 51.7 Å². The summed E-state index contributed by atoms with van der Waals surface area (Å²) in [5.74, 6) is 0.367. The maximum atomic E-state index is 6.30. The molecule has 6 rings (SSSR count). The number of pyridine rings is 3. The third kappa shape index (κ3) is 6.31. The van der Waals surface area contributed by atoms with Gasteiger partial charge in [0.2, 0.25) is 5.71 Å². The van der Waals surface area contributed by atoms with Crippen LogP contribution in [0.4, 0.5) is 0 Å². The zero-order valence-electron chi connectivity index (χ0n) is 23.7. The van der Waals surface area contributed by atoms with Crippen LogP contribution in [0, 0.1) is 19.1 Å². The van der Waals surface area contributed by atoms with E-state index in [0.29, 0.717) is 11.6 Å². The zero-order chi connectivity index (χ0) is 27.6. The Balaban J connectivity index is 0.000000223. The minimum absolute atomic E-state index is 0. The number of aromatic nitrogens is 3. The monoisotopic (exact) mass is 720 g/mol. The quantitative estimate of drug-likeness (QED) is 0.136. The van der Waals surface area contributed by atoms with Gasteiger partial charge in [0.1, 0.15) is 0 Å². The average Bonchev–Trinajstić information content (AvgIpc) is 3.32. The smallest absolute Gasteiger partial charge is 0.216 e. The van der Waals surface area contributed by atoms with Crippen molar-refractivity contribution in [2.24, 2.45) is 0 Å². The number of hydrogen-bond acceptors (Lipinski definition) is 4. The van der Waals surface area contributed by atoms with E-state index in [4.69, 9.17) is 9.40 Å². The van der Waals surface area contributed by atoms with Crippen LogP contribution < -0.4 is 5.19 Å². The standard InChI is InChI=1S/C22H23N2OSi.C12H10N.Ir/c1-14(2)17-11-9-16-20-19(26(3,4)5)12-10-15(18-8-6-7-13-23-18)21(20)25-22(16)24-17;1-10-7-8-12(13-9-10)11-5-3-2-4-6-11;/h6-9,11-14H,1-5H3;2-5,7-9H,1H3;/q2*-1;. The largest absolute Gasteiger partial charge is 0.486 e. The van der Waals surface area contributed by atoms with Crippen LogP contribution in [-0.4, -0.2) is 23.0 Å². The van der Waals surface area contributed by atoms with Gasteiger partial charge < -0.3 is 14.4 Å². The molecule has 0 amide bonds. The van der Waals surface area contributed by atoms with Crippen LogP contribution in [0.5, 0.6) is 0 Å². The number of rotatable bonds is 4. The van der Waals surface area contributed by atoms with Gasteiger partial charge in [-0.2, -0.15) is 0 Å². The van der Waals surface area contributed by atoms with Crippen LogP contribution in [0.1, 0.15) is 31.0 Å². The van der Waals surface area contributed by atoms with E-state index < -0.39 is 8.07 Å². The van der Waals surface area contributed by atoms with Gasteiger partial charge in [-0.3, -0.25) is 0 Å². The topological polar surface area (TPSA) is 51.8 Å². The van der Waals surface area contributed by atoms with E-state index in [1.165, 1.54) is 16.1 Å². The Morgan fingerprint density at radius 3 is 2.27 bits per heavy atom. The summed E-state index contributed by atoms with van der Waals surface area (Å²) >= 11 is 0. The molecule has 4 nitrogen and oxygen atoms in total. The van der Waals surface area contributed by atoms with Crippen molar-refractivity contribution in [3.8, 4) is 22.5 Å². The fraction of sp³-hybridized carbons (Fsp3) is 0.206. The maximum Gasteiger partial charge on any atom is 0.216 e. The van der Waals surface area contributed by atoms with Gasteiger partial charge in [0.25, 0.3) is 0 Å². The van der Waals surface area contributed by atoms with E-state index in [-0.39, 0.29) is 20.1 Å². The summed E-state index contributed by atoms with van der Waals surface area (Å²) < 4.78 is 6.30. The fourth-order valence-electron chi connectivity index (χ4n) is 4.51. The van der Waals surface area contributed by atoms with Crippen molar-refractivity contribution in [2.75, 3.05) is 0 Å². The number of hydrogen-bond donors (Lipinski definition) is 0. The van der Waals surface area contributed by atoms with Crippen molar-refractivity contribution in [3.05, 3.63) is 109 Å². The number of furan rings is 1. The van der Waals surface area contributed by atoms with Crippen LogP contribution in [0.25, 0.3) is 44.6 Å². The van der Waals surface area contributed by atoms with E-state index in [2.05, 4.69) is 79.9 Å². The van der Waals surface area contributed by atoms with Crippen molar-refractivity contribution in [1.29, 1.82) is 0 Å². The average molecular weight is 720 g/mol. The molecule has 0 fully saturated rings. The van der Waals surface area contributed by atoms with Crippen molar-refractivity contribution in [1.82, 2.24) is 15.0 Å². The molecule has 0 spiro atoms. The Morgan fingerprint density at radius 1 is 0.850 bits per heavy atom. The SMILES string of the molecule is CC(C)c1ccc2c(n1)oc1c(-c3ccccn3)[c-]cc([Si](C)(C)C)c12.Cc1ccc(-c2[c-]cccc2)nc1.[Ir]. The van der Waals surface area contributed by atoms with Crippen LogP contribution in [-0.2, 0) is 20.1 Å². The van der Waals surface area contributed by atoms with Crippen LogP contribution in [0.2, 0.25) is 19.6 Å². The third-order valence-electron chi connectivity index (χ3n) is 6.65. The number of benzene rings is 2. The first-order chi connectivity index (χ1) is 18.7. The molecular formula is C34H33IrN3OSi-2. The van der Waals surface area contributed by atoms with Crippen molar-refractivity contribution < 1.29 is 24.5 Å². The first-order valence-electron chi connectivity index (χ1n) is 13.3. The summed E-state index contributed by atoms with van der Waals surface area (Å²) in [5, 5.41) is 3.62. The third-order valence-corrected chi connectivity index (χ3v) is 8.66. The molecule has 0 aliphatic heterocycles. The van der Waals surface area contributed by atoms with Gasteiger partial charge in [-0.15, -0.1) is 53.2 Å². The molecule has 40 heavy (non-hydrogen) atoms. The summed E-state index contributed by atoms with van der Waals surface area (Å²) in [6.07, 6.45) is 3.68. The second-order valence-electron chi connectivity index (χ2n) is 11.1. The van der Waals surface area contributed by atoms with Gasteiger partial charge in [0.05, 0.1) is 5.58 Å². The van der Waals surface area contributed by atoms with Crippen LogP contribution in [0.15, 0.2) is 89.6 Å². The van der Waals surface area contributed by atoms with E-state index >= 15 is 0 Å². The van der Waals surface area contributed by atoms with Gasteiger partial charge in [0.15, 0.2) is 0 Å². The Hall–Kier alpha value is -3.44. The molecule has 0 saturated heterocycles. The minimum atomic E-state index is -1.58. The van der Waals surface area contributed by atoms with E-state index in [1.54, 1.807) is 6.20 Å². The minimum Gasteiger partial charge on any atom is -0.486 e. The Morgan fingerprint density at radius 2 is 1.65 bits per heavy atom. The molecule has 0 N–H and O–H groups in total. The number of nitrogens with zero attached hydrogens (tertiary/aromatic N) is 3. The first-order valence-corrected chi connectivity index (χ1v) is 16.8. The summed E-state index contributed by atoms with van der Waals surface area (Å²) in [7, 11) is -1.58. The summed E-state index contributed by atoms with van der Waals surface area (Å²) in [4.78, 5) is 13.6. The fourth-order valence-corrected chi connectivity index (χ4v) is 6.02. The predicted molar refractivity (Wildman–Crippen MR) is 164 cm³/mol. The Bertz CT molecular complexity index is 1710. The van der Waals surface area contributed by atoms with E-state index in [0.717, 1.165) is 39.2 Å². The molecule has 0 atom stereocenters. The molecule has 0 unspecified atom stereocenters. The van der Waals surface area contributed by atoms with Crippen molar-refractivity contribution >= 4 is 35.3 Å². The molecule has 0 bridgehead atoms. The number of aryl methyl sites for hydroxylation is 1. The van der Waals surface area contributed by atoms with Crippen LogP contribution in [0.3, 0.4) is 0 Å². The maximum absolute atomic E-state index is 6.30. The zero-order valence-corrected chi connectivity index (χ0v) is 27.1. The van der Waals surface area contributed by atoms with Gasteiger partial charge in [-0.25, -0.2) is 4.98 Å². The molecule has 0 saturated carbocycles. The molecular weight excluding hydrogens is 687 g/mol. The molecule has 6 aromatic rings. The molecule has 4 heterocycles. The molecule has 0 aliphatic carbocycles. The first kappa shape index (κ1) is 29.5. The second kappa shape index (κ2) is 12.4. The molecule has 2 aromatic carbocycles.